The average molecular weight is 324 g/mol. The minimum absolute atomic E-state index is 0.0698. The van der Waals surface area contributed by atoms with Crippen LogP contribution < -0.4 is 4.74 Å². The highest BCUT2D eigenvalue weighted by atomic mass is 16.5. The molecule has 0 spiro atoms. The molecule has 126 valence electrons. The van der Waals surface area contributed by atoms with Gasteiger partial charge in [-0.2, -0.15) is 0 Å². The van der Waals surface area contributed by atoms with Crippen molar-refractivity contribution in [2.24, 2.45) is 0 Å². The van der Waals surface area contributed by atoms with Crippen molar-refractivity contribution < 1.29 is 9.53 Å². The Morgan fingerprint density at radius 2 is 1.79 bits per heavy atom. The summed E-state index contributed by atoms with van der Waals surface area (Å²) < 4.78 is 5.43. The van der Waals surface area contributed by atoms with E-state index in [0.29, 0.717) is 6.54 Å². The van der Waals surface area contributed by atoms with Gasteiger partial charge >= 0.3 is 0 Å². The molecule has 0 bridgehead atoms. The molecule has 0 saturated carbocycles. The van der Waals surface area contributed by atoms with E-state index in [1.54, 1.807) is 14.0 Å². The third kappa shape index (κ3) is 2.89. The van der Waals surface area contributed by atoms with Crippen LogP contribution in [-0.2, 0) is 10.2 Å². The summed E-state index contributed by atoms with van der Waals surface area (Å²) in [5, 5.41) is 3.86. The highest BCUT2D eigenvalue weighted by Crippen LogP contribution is 2.40. The quantitative estimate of drug-likeness (QED) is 0.870. The van der Waals surface area contributed by atoms with Gasteiger partial charge in [-0.15, -0.1) is 0 Å². The second-order valence-electron chi connectivity index (χ2n) is 6.39. The maximum absolute atomic E-state index is 12.1. The lowest BCUT2D eigenvalue weighted by Gasteiger charge is -2.47. The standard InChI is InChI=1S/C20H24N2O2/c1-16(23)22-15-20(12-13-21(22)2,17-8-5-4-6-9-17)18-10-7-11-19(14-18)24-3/h4-11,14H,12-13,15H2,1-3H3/t20-/m1/s1. The summed E-state index contributed by atoms with van der Waals surface area (Å²) in [5.41, 5.74) is 2.19. The summed E-state index contributed by atoms with van der Waals surface area (Å²) >= 11 is 0. The first-order valence-electron chi connectivity index (χ1n) is 8.26. The van der Waals surface area contributed by atoms with Crippen molar-refractivity contribution in [2.75, 3.05) is 27.2 Å². The third-order valence-corrected chi connectivity index (χ3v) is 5.01. The van der Waals surface area contributed by atoms with Gasteiger partial charge < -0.3 is 4.74 Å². The Kier molecular flexibility index (Phi) is 4.58. The van der Waals surface area contributed by atoms with E-state index in [1.807, 2.05) is 35.3 Å². The molecule has 2 aromatic carbocycles. The minimum Gasteiger partial charge on any atom is -0.497 e. The summed E-state index contributed by atoms with van der Waals surface area (Å²) in [6, 6.07) is 18.7. The highest BCUT2D eigenvalue weighted by molar-refractivity contribution is 5.73. The van der Waals surface area contributed by atoms with Crippen molar-refractivity contribution in [3.8, 4) is 5.75 Å². The molecule has 1 saturated heterocycles. The van der Waals surface area contributed by atoms with E-state index in [4.69, 9.17) is 4.74 Å². The highest BCUT2D eigenvalue weighted by Gasteiger charge is 2.41. The molecule has 4 nitrogen and oxygen atoms in total. The number of rotatable bonds is 3. The fourth-order valence-corrected chi connectivity index (χ4v) is 3.60. The van der Waals surface area contributed by atoms with Crippen LogP contribution in [0.5, 0.6) is 5.75 Å². The van der Waals surface area contributed by atoms with E-state index in [0.717, 1.165) is 18.7 Å². The monoisotopic (exact) mass is 324 g/mol. The maximum Gasteiger partial charge on any atom is 0.233 e. The molecule has 3 rings (SSSR count). The van der Waals surface area contributed by atoms with Gasteiger partial charge in [0.05, 0.1) is 13.7 Å². The van der Waals surface area contributed by atoms with Crippen molar-refractivity contribution >= 4 is 5.91 Å². The molecule has 1 atom stereocenters. The normalized spacial score (nSPS) is 21.5. The number of methoxy groups -OCH3 is 1. The summed E-state index contributed by atoms with van der Waals surface area (Å²) in [7, 11) is 3.66. The largest absolute Gasteiger partial charge is 0.497 e. The lowest BCUT2D eigenvalue weighted by Crippen LogP contribution is -2.57. The zero-order chi connectivity index (χ0) is 17.2. The zero-order valence-electron chi connectivity index (χ0n) is 14.5. The SMILES string of the molecule is COc1cccc([C@]2(c3ccccc3)CCN(C)N(C(C)=O)C2)c1. The van der Waals surface area contributed by atoms with Gasteiger partial charge in [-0.1, -0.05) is 42.5 Å². The number of carbonyl (C=O) groups is 1. The summed E-state index contributed by atoms with van der Waals surface area (Å²) in [6.07, 6.45) is 0.949. The Morgan fingerprint density at radius 3 is 2.46 bits per heavy atom. The average Bonchev–Trinajstić information content (AvgIpc) is 2.63. The Morgan fingerprint density at radius 1 is 1.08 bits per heavy atom. The molecule has 0 unspecified atom stereocenters. The number of hydrogen-bond acceptors (Lipinski definition) is 3. The van der Waals surface area contributed by atoms with Gasteiger partial charge in [-0.25, -0.2) is 5.01 Å². The first-order valence-corrected chi connectivity index (χ1v) is 8.26. The predicted octanol–water partition coefficient (Wildman–Crippen LogP) is 3.08. The lowest BCUT2D eigenvalue weighted by molar-refractivity contribution is -0.150. The van der Waals surface area contributed by atoms with Gasteiger partial charge in [-0.05, 0) is 29.7 Å². The van der Waals surface area contributed by atoms with Crippen LogP contribution in [0.4, 0.5) is 0 Å². The van der Waals surface area contributed by atoms with Gasteiger partial charge in [0.2, 0.25) is 5.91 Å². The number of benzene rings is 2. The van der Waals surface area contributed by atoms with E-state index in [-0.39, 0.29) is 11.3 Å². The van der Waals surface area contributed by atoms with Crippen molar-refractivity contribution in [3.63, 3.8) is 0 Å². The van der Waals surface area contributed by atoms with Crippen LogP contribution in [0.15, 0.2) is 54.6 Å². The van der Waals surface area contributed by atoms with Crippen LogP contribution in [0.2, 0.25) is 0 Å². The third-order valence-electron chi connectivity index (χ3n) is 5.01. The van der Waals surface area contributed by atoms with Crippen LogP contribution in [0, 0.1) is 0 Å². The molecule has 1 heterocycles. The molecule has 1 aliphatic rings. The number of hydrazine groups is 1. The summed E-state index contributed by atoms with van der Waals surface area (Å²) in [5.74, 6) is 0.913. The van der Waals surface area contributed by atoms with Crippen molar-refractivity contribution in [3.05, 3.63) is 65.7 Å². The Balaban J connectivity index is 2.13. The number of carbonyl (C=O) groups excluding carboxylic acids is 1. The topological polar surface area (TPSA) is 32.8 Å². The smallest absolute Gasteiger partial charge is 0.233 e. The van der Waals surface area contributed by atoms with Crippen LogP contribution in [0.1, 0.15) is 24.5 Å². The van der Waals surface area contributed by atoms with Crippen LogP contribution >= 0.6 is 0 Å². The van der Waals surface area contributed by atoms with Crippen molar-refractivity contribution in [2.45, 2.75) is 18.8 Å². The molecule has 24 heavy (non-hydrogen) atoms. The van der Waals surface area contributed by atoms with Gasteiger partial charge in [0.1, 0.15) is 5.75 Å². The van der Waals surface area contributed by atoms with Gasteiger partial charge in [0, 0.05) is 25.9 Å². The van der Waals surface area contributed by atoms with Gasteiger partial charge in [-0.3, -0.25) is 9.80 Å². The van der Waals surface area contributed by atoms with E-state index < -0.39 is 0 Å². The van der Waals surface area contributed by atoms with Crippen LogP contribution in [0.25, 0.3) is 0 Å². The van der Waals surface area contributed by atoms with E-state index >= 15 is 0 Å². The fourth-order valence-electron chi connectivity index (χ4n) is 3.60. The van der Waals surface area contributed by atoms with E-state index in [1.165, 1.54) is 11.1 Å². The van der Waals surface area contributed by atoms with Gasteiger partial charge in [0.15, 0.2) is 0 Å². The first-order chi connectivity index (χ1) is 11.6. The minimum atomic E-state index is -0.228. The Labute approximate surface area is 143 Å². The molecule has 0 aliphatic carbocycles. The zero-order valence-corrected chi connectivity index (χ0v) is 14.5. The molecular weight excluding hydrogens is 300 g/mol. The maximum atomic E-state index is 12.1. The molecule has 0 radical (unpaired) electrons. The van der Waals surface area contributed by atoms with E-state index in [2.05, 4.69) is 36.4 Å². The Hall–Kier alpha value is -2.33. The second kappa shape index (κ2) is 6.65. The summed E-state index contributed by atoms with van der Waals surface area (Å²) in [4.78, 5) is 12.1. The molecule has 2 aromatic rings. The van der Waals surface area contributed by atoms with E-state index in [9.17, 15) is 4.79 Å². The number of nitrogens with zero attached hydrogens (tertiary/aromatic N) is 2. The van der Waals surface area contributed by atoms with Crippen LogP contribution in [0.3, 0.4) is 0 Å². The Bertz CT molecular complexity index is 717. The number of ether oxygens (including phenoxy) is 1. The second-order valence-corrected chi connectivity index (χ2v) is 6.39. The molecule has 4 heteroatoms. The van der Waals surface area contributed by atoms with Crippen LogP contribution in [-0.4, -0.2) is 43.2 Å². The molecule has 1 amide bonds. The predicted molar refractivity (Wildman–Crippen MR) is 94.9 cm³/mol. The molecule has 1 fully saturated rings. The van der Waals surface area contributed by atoms with Crippen molar-refractivity contribution in [1.82, 2.24) is 10.0 Å². The molecule has 1 aliphatic heterocycles. The fraction of sp³-hybridized carbons (Fsp3) is 0.350. The van der Waals surface area contributed by atoms with Crippen molar-refractivity contribution in [1.29, 1.82) is 0 Å². The first kappa shape index (κ1) is 16.5. The lowest BCUT2D eigenvalue weighted by atomic mass is 9.70. The number of hydrogen-bond donors (Lipinski definition) is 0. The number of amides is 1. The molecule has 0 N–H and O–H groups in total. The molecule has 0 aromatic heterocycles. The molecular formula is C20H24N2O2. The summed E-state index contributed by atoms with van der Waals surface area (Å²) in [6.45, 7) is 3.09. The van der Waals surface area contributed by atoms with Gasteiger partial charge in [0.25, 0.3) is 0 Å².